The Morgan fingerprint density at radius 2 is 2.17 bits per heavy atom. The molecule has 1 heterocycles. The molecule has 1 aromatic rings. The van der Waals surface area contributed by atoms with Gasteiger partial charge in [-0.25, -0.2) is 0 Å². The summed E-state index contributed by atoms with van der Waals surface area (Å²) in [5, 5.41) is 0. The maximum Gasteiger partial charge on any atom is 0.204 e. The lowest BCUT2D eigenvalue weighted by Crippen LogP contribution is -3.00. The van der Waals surface area contributed by atoms with Crippen molar-refractivity contribution in [1.82, 2.24) is 0 Å². The number of aryl methyl sites for hydroxylation is 1. The van der Waals surface area contributed by atoms with Crippen LogP contribution in [0.2, 0.25) is 0 Å². The normalized spacial score (nSPS) is 7.75. The monoisotopic (exact) mass is 249 g/mol. The van der Waals surface area contributed by atoms with Gasteiger partial charge in [0.15, 0.2) is 6.20 Å². The minimum Gasteiger partial charge on any atom is -1.00 e. The van der Waals surface area contributed by atoms with Gasteiger partial charge in [-0.15, -0.1) is 12.4 Å². The summed E-state index contributed by atoms with van der Waals surface area (Å²) in [6.07, 6.45) is 3.92. The van der Waals surface area contributed by atoms with Crippen molar-refractivity contribution in [3.63, 3.8) is 0 Å². The van der Waals surface area contributed by atoms with Crippen molar-refractivity contribution in [2.24, 2.45) is 0 Å². The third-order valence-corrected chi connectivity index (χ3v) is 1.53. The summed E-state index contributed by atoms with van der Waals surface area (Å²) in [5.74, 6) is 0. The fraction of sp³-hybridized carbons (Fsp3) is 0.222. The van der Waals surface area contributed by atoms with Gasteiger partial charge in [-0.05, 0) is 13.0 Å². The Morgan fingerprint density at radius 3 is 2.58 bits per heavy atom. The number of nitrogens with zero attached hydrogens (tertiary/aromatic N) is 1. The highest BCUT2D eigenvalue weighted by atomic mass is 79.9. The molecule has 1 nitrogen and oxygen atoms in total. The molecular weight excluding hydrogens is 237 g/mol. The molecule has 0 saturated heterocycles. The molecule has 0 radical (unpaired) electrons. The molecule has 1 aromatic heterocycles. The van der Waals surface area contributed by atoms with Gasteiger partial charge in [0.2, 0.25) is 5.69 Å². The molecule has 0 N–H and O–H groups in total. The van der Waals surface area contributed by atoms with Crippen LogP contribution in [0, 0.1) is 0 Å². The summed E-state index contributed by atoms with van der Waals surface area (Å²) in [5.41, 5.74) is 1.17. The Morgan fingerprint density at radius 1 is 1.50 bits per heavy atom. The Hall–Kier alpha value is -0.340. The number of hydrogen-bond acceptors (Lipinski definition) is 0. The molecule has 0 bridgehead atoms. The summed E-state index contributed by atoms with van der Waals surface area (Å²) in [4.78, 5) is 0. The predicted molar refractivity (Wildman–Crippen MR) is 49.7 cm³/mol. The Labute approximate surface area is 90.3 Å². The lowest BCUT2D eigenvalue weighted by atomic mass is 10.3. The smallest absolute Gasteiger partial charge is 0.204 e. The quantitative estimate of drug-likeness (QED) is 0.597. The zero-order valence-corrected chi connectivity index (χ0v) is 9.44. The highest BCUT2D eigenvalue weighted by molar-refractivity contribution is 5.85. The maximum absolute atomic E-state index is 3.72. The zero-order valence-electron chi connectivity index (χ0n) is 7.03. The molecule has 0 fully saturated rings. The average Bonchev–Trinajstić information content (AvgIpc) is 2.04. The molecule has 0 aliphatic carbocycles. The van der Waals surface area contributed by atoms with Crippen molar-refractivity contribution >= 4 is 18.5 Å². The van der Waals surface area contributed by atoms with E-state index < -0.39 is 0 Å². The molecule has 12 heavy (non-hydrogen) atoms. The van der Waals surface area contributed by atoms with Crippen molar-refractivity contribution < 1.29 is 21.5 Å². The van der Waals surface area contributed by atoms with Crippen LogP contribution in [0.1, 0.15) is 12.6 Å². The van der Waals surface area contributed by atoms with E-state index in [1.165, 1.54) is 5.69 Å². The second-order valence-electron chi connectivity index (χ2n) is 2.12. The number of aromatic nitrogens is 1. The Balaban J connectivity index is 0. The molecule has 0 saturated carbocycles. The van der Waals surface area contributed by atoms with E-state index in [1.807, 2.05) is 18.2 Å². The maximum atomic E-state index is 3.72. The summed E-state index contributed by atoms with van der Waals surface area (Å²) in [6, 6.07) is 6.09. The van der Waals surface area contributed by atoms with Gasteiger partial charge >= 0.3 is 0 Å². The summed E-state index contributed by atoms with van der Waals surface area (Å²) in [6.45, 7) is 6.84. The van der Waals surface area contributed by atoms with Gasteiger partial charge in [0.25, 0.3) is 0 Å². The van der Waals surface area contributed by atoms with Gasteiger partial charge < -0.3 is 17.0 Å². The first kappa shape index (κ1) is 14.2. The molecule has 0 atom stereocenters. The minimum atomic E-state index is 0. The van der Waals surface area contributed by atoms with Gasteiger partial charge in [0.05, 0.1) is 0 Å². The van der Waals surface area contributed by atoms with Crippen LogP contribution in [0.15, 0.2) is 31.0 Å². The van der Waals surface area contributed by atoms with Crippen molar-refractivity contribution in [2.45, 2.75) is 13.5 Å². The minimum absolute atomic E-state index is 0. The largest absolute Gasteiger partial charge is 1.00 e. The molecule has 1 rings (SSSR count). The third-order valence-electron chi connectivity index (χ3n) is 1.53. The third kappa shape index (κ3) is 3.37. The fourth-order valence-electron chi connectivity index (χ4n) is 0.963. The lowest BCUT2D eigenvalue weighted by Gasteiger charge is -1.93. The second-order valence-corrected chi connectivity index (χ2v) is 2.12. The Kier molecular flexibility index (Phi) is 8.66. The van der Waals surface area contributed by atoms with Gasteiger partial charge in [-0.1, -0.05) is 6.58 Å². The van der Waals surface area contributed by atoms with Crippen LogP contribution in [-0.4, -0.2) is 0 Å². The van der Waals surface area contributed by atoms with E-state index in [4.69, 9.17) is 0 Å². The van der Waals surface area contributed by atoms with E-state index in [0.717, 1.165) is 6.54 Å². The summed E-state index contributed by atoms with van der Waals surface area (Å²) in [7, 11) is 0. The molecule has 0 unspecified atom stereocenters. The zero-order chi connectivity index (χ0) is 7.40. The van der Waals surface area contributed by atoms with Crippen molar-refractivity contribution in [1.29, 1.82) is 0 Å². The topological polar surface area (TPSA) is 3.88 Å². The Bertz CT molecular complexity index is 238. The molecule has 0 amide bonds. The van der Waals surface area contributed by atoms with Crippen LogP contribution in [0.5, 0.6) is 0 Å². The van der Waals surface area contributed by atoms with Crippen LogP contribution < -0.4 is 21.5 Å². The van der Waals surface area contributed by atoms with Gasteiger partial charge in [-0.3, -0.25) is 0 Å². The predicted octanol–water partition coefficient (Wildman–Crippen LogP) is -0.937. The molecule has 0 aliphatic rings. The molecule has 0 aliphatic heterocycles. The van der Waals surface area contributed by atoms with Crippen molar-refractivity contribution in [3.8, 4) is 0 Å². The van der Waals surface area contributed by atoms with Crippen LogP contribution in [0.4, 0.5) is 0 Å². The molecular formula is C9H13BrClN. The first-order valence-corrected chi connectivity index (χ1v) is 3.49. The van der Waals surface area contributed by atoms with Gasteiger partial charge in [-0.2, -0.15) is 4.57 Å². The first-order valence-electron chi connectivity index (χ1n) is 3.49. The summed E-state index contributed by atoms with van der Waals surface area (Å²) < 4.78 is 2.15. The molecule has 0 aromatic carbocycles. The van der Waals surface area contributed by atoms with Crippen molar-refractivity contribution in [3.05, 3.63) is 36.7 Å². The van der Waals surface area contributed by atoms with Crippen LogP contribution in [0.3, 0.4) is 0 Å². The van der Waals surface area contributed by atoms with Crippen LogP contribution >= 0.6 is 12.4 Å². The number of pyridine rings is 1. The molecule has 68 valence electrons. The highest BCUT2D eigenvalue weighted by Gasteiger charge is 1.99. The van der Waals surface area contributed by atoms with E-state index in [-0.39, 0.29) is 29.4 Å². The average molecular weight is 251 g/mol. The van der Waals surface area contributed by atoms with Gasteiger partial charge in [0, 0.05) is 18.2 Å². The number of rotatable bonds is 2. The van der Waals surface area contributed by atoms with Crippen LogP contribution in [-0.2, 0) is 6.54 Å². The SMILES string of the molecule is C=Cc1cccc[n+]1CC.Cl.[Br-]. The lowest BCUT2D eigenvalue weighted by molar-refractivity contribution is -0.695. The number of halogens is 2. The van der Waals surface area contributed by atoms with Gasteiger partial charge in [0.1, 0.15) is 6.54 Å². The highest BCUT2D eigenvalue weighted by Crippen LogP contribution is 1.91. The van der Waals surface area contributed by atoms with E-state index in [9.17, 15) is 0 Å². The van der Waals surface area contributed by atoms with E-state index in [0.29, 0.717) is 0 Å². The van der Waals surface area contributed by atoms with Crippen LogP contribution in [0.25, 0.3) is 6.08 Å². The van der Waals surface area contributed by atoms with E-state index in [1.54, 1.807) is 0 Å². The van der Waals surface area contributed by atoms with E-state index >= 15 is 0 Å². The second kappa shape index (κ2) is 7.32. The van der Waals surface area contributed by atoms with Crippen molar-refractivity contribution in [2.75, 3.05) is 0 Å². The fourth-order valence-corrected chi connectivity index (χ4v) is 0.963. The van der Waals surface area contributed by atoms with E-state index in [2.05, 4.69) is 30.3 Å². The molecule has 3 heteroatoms. The standard InChI is InChI=1S/C9H12N.BrH.ClH/c1-3-9-7-5-6-8-10(9)4-2;;/h3,5-8H,1,4H2,2H3;2*1H/q+1;;/p-1. The summed E-state index contributed by atoms with van der Waals surface area (Å²) >= 11 is 0. The first-order chi connectivity index (χ1) is 4.88. The molecule has 0 spiro atoms. The number of hydrogen-bond donors (Lipinski definition) is 0.